The van der Waals surface area contributed by atoms with Gasteiger partial charge < -0.3 is 20.5 Å². The van der Waals surface area contributed by atoms with Crippen molar-refractivity contribution in [1.82, 2.24) is 5.32 Å². The van der Waals surface area contributed by atoms with E-state index in [1.807, 2.05) is 39.0 Å². The van der Waals surface area contributed by atoms with E-state index in [9.17, 15) is 4.79 Å². The fraction of sp³-hybridized carbons (Fsp3) is 0.562. The summed E-state index contributed by atoms with van der Waals surface area (Å²) in [6.07, 6.45) is 1.04. The summed E-state index contributed by atoms with van der Waals surface area (Å²) in [4.78, 5) is 12.0. The molecule has 1 atom stereocenters. The molecule has 118 valence electrons. The van der Waals surface area contributed by atoms with Crippen LogP contribution in [0.15, 0.2) is 18.2 Å². The van der Waals surface area contributed by atoms with Crippen LogP contribution in [0, 0.1) is 0 Å². The molecule has 21 heavy (non-hydrogen) atoms. The van der Waals surface area contributed by atoms with Crippen LogP contribution in [0.2, 0.25) is 0 Å². The quantitative estimate of drug-likeness (QED) is 0.810. The number of carbonyl (C=O) groups excluding carboxylic acids is 1. The molecular weight excluding hydrogens is 268 g/mol. The zero-order valence-electron chi connectivity index (χ0n) is 13.5. The normalized spacial score (nSPS) is 12.7. The summed E-state index contributed by atoms with van der Waals surface area (Å²) in [7, 11) is 3.22. The molecule has 0 aliphatic carbocycles. The Labute approximate surface area is 126 Å². The number of benzene rings is 1. The van der Waals surface area contributed by atoms with Gasteiger partial charge in [0.05, 0.1) is 20.3 Å². The molecule has 0 saturated carbocycles. The van der Waals surface area contributed by atoms with Crippen molar-refractivity contribution in [3.63, 3.8) is 0 Å². The first-order chi connectivity index (χ1) is 9.76. The Bertz CT molecular complexity index is 481. The van der Waals surface area contributed by atoms with Crippen molar-refractivity contribution >= 4 is 5.91 Å². The molecule has 1 amide bonds. The van der Waals surface area contributed by atoms with Gasteiger partial charge in [-0.2, -0.15) is 0 Å². The van der Waals surface area contributed by atoms with E-state index in [0.29, 0.717) is 12.8 Å². The molecule has 0 heterocycles. The van der Waals surface area contributed by atoms with Crippen LogP contribution < -0.4 is 20.5 Å². The number of methoxy groups -OCH3 is 2. The van der Waals surface area contributed by atoms with Crippen molar-refractivity contribution in [1.29, 1.82) is 0 Å². The lowest BCUT2D eigenvalue weighted by molar-refractivity contribution is -0.122. The van der Waals surface area contributed by atoms with Gasteiger partial charge in [-0.1, -0.05) is 0 Å². The van der Waals surface area contributed by atoms with Crippen LogP contribution in [0.1, 0.15) is 45.2 Å². The molecule has 0 spiro atoms. The summed E-state index contributed by atoms with van der Waals surface area (Å²) in [5, 5.41) is 2.96. The van der Waals surface area contributed by atoms with E-state index >= 15 is 0 Å². The predicted molar refractivity (Wildman–Crippen MR) is 83.6 cm³/mol. The van der Waals surface area contributed by atoms with Gasteiger partial charge in [-0.25, -0.2) is 0 Å². The monoisotopic (exact) mass is 294 g/mol. The summed E-state index contributed by atoms with van der Waals surface area (Å²) in [6.45, 7) is 5.74. The minimum Gasteiger partial charge on any atom is -0.497 e. The van der Waals surface area contributed by atoms with Crippen LogP contribution >= 0.6 is 0 Å². The zero-order chi connectivity index (χ0) is 16.0. The Balaban J connectivity index is 2.74. The Morgan fingerprint density at radius 3 is 2.52 bits per heavy atom. The summed E-state index contributed by atoms with van der Waals surface area (Å²) in [5.41, 5.74) is 6.44. The SMILES string of the molecule is COc1ccc(OC)c(C(C)NC(=O)CCC(C)(C)N)c1. The van der Waals surface area contributed by atoms with E-state index in [1.165, 1.54) is 0 Å². The predicted octanol–water partition coefficient (Wildman–Crippen LogP) is 2.40. The summed E-state index contributed by atoms with van der Waals surface area (Å²) in [5.74, 6) is 1.43. The molecule has 0 fully saturated rings. The van der Waals surface area contributed by atoms with E-state index in [0.717, 1.165) is 17.1 Å². The number of carbonyl (C=O) groups is 1. The molecule has 0 aromatic heterocycles. The highest BCUT2D eigenvalue weighted by molar-refractivity contribution is 5.76. The third-order valence-electron chi connectivity index (χ3n) is 3.28. The van der Waals surface area contributed by atoms with Gasteiger partial charge >= 0.3 is 0 Å². The number of amides is 1. The Morgan fingerprint density at radius 1 is 1.33 bits per heavy atom. The Morgan fingerprint density at radius 2 is 2.00 bits per heavy atom. The van der Waals surface area contributed by atoms with Crippen LogP contribution in [-0.2, 0) is 4.79 Å². The molecular formula is C16H26N2O3. The summed E-state index contributed by atoms with van der Waals surface area (Å²) in [6, 6.07) is 5.37. The summed E-state index contributed by atoms with van der Waals surface area (Å²) < 4.78 is 10.6. The van der Waals surface area contributed by atoms with Crippen molar-refractivity contribution in [2.75, 3.05) is 14.2 Å². The minimum atomic E-state index is -0.339. The third kappa shape index (κ3) is 5.63. The van der Waals surface area contributed by atoms with Crippen molar-refractivity contribution < 1.29 is 14.3 Å². The van der Waals surface area contributed by atoms with Crippen molar-refractivity contribution in [2.24, 2.45) is 5.73 Å². The van der Waals surface area contributed by atoms with E-state index in [2.05, 4.69) is 5.32 Å². The van der Waals surface area contributed by atoms with Gasteiger partial charge in [0.1, 0.15) is 11.5 Å². The Hall–Kier alpha value is -1.75. The number of hydrogen-bond donors (Lipinski definition) is 2. The molecule has 1 aromatic rings. The second kappa shape index (κ2) is 7.31. The van der Waals surface area contributed by atoms with Gasteiger partial charge in [-0.15, -0.1) is 0 Å². The average Bonchev–Trinajstić information content (AvgIpc) is 2.43. The minimum absolute atomic E-state index is 0.0223. The molecule has 0 radical (unpaired) electrons. The Kier molecular flexibility index (Phi) is 6.03. The zero-order valence-corrected chi connectivity index (χ0v) is 13.5. The number of nitrogens with one attached hydrogen (secondary N) is 1. The first-order valence-electron chi connectivity index (χ1n) is 7.07. The van der Waals surface area contributed by atoms with Crippen LogP contribution in [-0.4, -0.2) is 25.7 Å². The maximum Gasteiger partial charge on any atom is 0.220 e. The lowest BCUT2D eigenvalue weighted by Crippen LogP contribution is -2.35. The van der Waals surface area contributed by atoms with Gasteiger partial charge in [-0.3, -0.25) is 4.79 Å². The highest BCUT2D eigenvalue weighted by atomic mass is 16.5. The number of nitrogens with two attached hydrogens (primary N) is 1. The maximum atomic E-state index is 12.0. The van der Waals surface area contributed by atoms with Gasteiger partial charge in [-0.05, 0) is 45.4 Å². The molecule has 1 unspecified atom stereocenters. The first-order valence-corrected chi connectivity index (χ1v) is 7.07. The molecule has 0 saturated heterocycles. The highest BCUT2D eigenvalue weighted by Crippen LogP contribution is 2.29. The highest BCUT2D eigenvalue weighted by Gasteiger charge is 2.17. The number of hydrogen-bond acceptors (Lipinski definition) is 4. The van der Waals surface area contributed by atoms with Crippen molar-refractivity contribution in [3.05, 3.63) is 23.8 Å². The fourth-order valence-electron chi connectivity index (χ4n) is 2.00. The van der Waals surface area contributed by atoms with E-state index < -0.39 is 0 Å². The smallest absolute Gasteiger partial charge is 0.220 e. The molecule has 1 rings (SSSR count). The lowest BCUT2D eigenvalue weighted by Gasteiger charge is -2.21. The molecule has 5 nitrogen and oxygen atoms in total. The first kappa shape index (κ1) is 17.3. The second-order valence-corrected chi connectivity index (χ2v) is 5.89. The van der Waals surface area contributed by atoms with E-state index in [4.69, 9.17) is 15.2 Å². The van der Waals surface area contributed by atoms with Gasteiger partial charge in [0.25, 0.3) is 0 Å². The topological polar surface area (TPSA) is 73.6 Å². The van der Waals surface area contributed by atoms with Gasteiger partial charge in [0, 0.05) is 17.5 Å². The van der Waals surface area contributed by atoms with Crippen LogP contribution in [0.4, 0.5) is 0 Å². The third-order valence-corrected chi connectivity index (χ3v) is 3.28. The van der Waals surface area contributed by atoms with Crippen molar-refractivity contribution in [2.45, 2.75) is 45.2 Å². The standard InChI is InChI=1S/C16H26N2O3/c1-11(18-15(19)8-9-16(2,3)17)13-10-12(20-4)6-7-14(13)21-5/h6-7,10-11H,8-9,17H2,1-5H3,(H,18,19). The second-order valence-electron chi connectivity index (χ2n) is 5.89. The fourth-order valence-corrected chi connectivity index (χ4v) is 2.00. The van der Waals surface area contributed by atoms with Gasteiger partial charge in [0.2, 0.25) is 5.91 Å². The lowest BCUT2D eigenvalue weighted by atomic mass is 9.99. The van der Waals surface area contributed by atoms with Gasteiger partial charge in [0.15, 0.2) is 0 Å². The summed E-state index contributed by atoms with van der Waals surface area (Å²) >= 11 is 0. The number of rotatable bonds is 7. The van der Waals surface area contributed by atoms with E-state index in [-0.39, 0.29) is 17.5 Å². The van der Waals surface area contributed by atoms with E-state index in [1.54, 1.807) is 14.2 Å². The molecule has 0 bridgehead atoms. The maximum absolute atomic E-state index is 12.0. The molecule has 3 N–H and O–H groups in total. The van der Waals surface area contributed by atoms with Crippen LogP contribution in [0.5, 0.6) is 11.5 Å². The number of ether oxygens (including phenoxy) is 2. The van der Waals surface area contributed by atoms with Crippen LogP contribution in [0.3, 0.4) is 0 Å². The van der Waals surface area contributed by atoms with Crippen molar-refractivity contribution in [3.8, 4) is 11.5 Å². The molecule has 0 aliphatic heterocycles. The molecule has 1 aromatic carbocycles. The largest absolute Gasteiger partial charge is 0.497 e. The molecule has 5 heteroatoms. The average molecular weight is 294 g/mol. The van der Waals surface area contributed by atoms with Crippen LogP contribution in [0.25, 0.3) is 0 Å². The molecule has 0 aliphatic rings.